The lowest BCUT2D eigenvalue weighted by Crippen LogP contribution is -2.47. The highest BCUT2D eigenvalue weighted by molar-refractivity contribution is 6.33. The standard InChI is InChI=1S/C15H13ClF3N3O4/c1-3-26-14(25)10-8-9(10)13(24)22(12(8)23)21(2)11-7(16)4-6(5-20-11)15(17,18)19/h4-5,8-10H,3H2,1-2H3/t8-,9+,10?. The summed E-state index contributed by atoms with van der Waals surface area (Å²) in [4.78, 5) is 40.2. The Morgan fingerprint density at radius 2 is 1.92 bits per heavy atom. The van der Waals surface area contributed by atoms with Crippen LogP contribution < -0.4 is 5.01 Å². The van der Waals surface area contributed by atoms with E-state index in [0.717, 1.165) is 10.0 Å². The molecule has 2 heterocycles. The van der Waals surface area contributed by atoms with Crippen molar-refractivity contribution < 1.29 is 32.3 Å². The largest absolute Gasteiger partial charge is 0.466 e. The maximum atomic E-state index is 12.7. The molecule has 2 amide bonds. The minimum absolute atomic E-state index is 0.131. The fourth-order valence-electron chi connectivity index (χ4n) is 3.06. The zero-order valence-corrected chi connectivity index (χ0v) is 14.3. The minimum Gasteiger partial charge on any atom is -0.466 e. The first-order valence-electron chi connectivity index (χ1n) is 7.60. The van der Waals surface area contributed by atoms with E-state index in [0.29, 0.717) is 12.3 Å². The van der Waals surface area contributed by atoms with Gasteiger partial charge >= 0.3 is 12.1 Å². The third-order valence-electron chi connectivity index (χ3n) is 4.32. The summed E-state index contributed by atoms with van der Waals surface area (Å²) in [5.41, 5.74) is -1.05. The SMILES string of the molecule is CCOC(=O)C1[C@H]2C(=O)N(N(C)c3ncc(C(F)(F)F)cc3Cl)C(=O)[C@@H]12. The van der Waals surface area contributed by atoms with Crippen LogP contribution in [0, 0.1) is 17.8 Å². The van der Waals surface area contributed by atoms with E-state index < -0.39 is 47.3 Å². The number of fused-ring (bicyclic) bond motifs is 1. The molecule has 3 atom stereocenters. The summed E-state index contributed by atoms with van der Waals surface area (Å²) >= 11 is 5.84. The van der Waals surface area contributed by atoms with Gasteiger partial charge in [0.15, 0.2) is 5.82 Å². The van der Waals surface area contributed by atoms with Gasteiger partial charge in [-0.15, -0.1) is 0 Å². The van der Waals surface area contributed by atoms with Crippen molar-refractivity contribution in [1.29, 1.82) is 0 Å². The van der Waals surface area contributed by atoms with Crippen molar-refractivity contribution in [3.05, 3.63) is 22.8 Å². The van der Waals surface area contributed by atoms with Gasteiger partial charge in [0, 0.05) is 13.2 Å². The van der Waals surface area contributed by atoms with Crippen molar-refractivity contribution in [2.45, 2.75) is 13.1 Å². The van der Waals surface area contributed by atoms with Gasteiger partial charge in [0.25, 0.3) is 11.8 Å². The Bertz CT molecular complexity index is 779. The number of pyridine rings is 1. The molecule has 2 aliphatic rings. The second kappa shape index (κ2) is 6.11. The molecule has 140 valence electrons. The van der Waals surface area contributed by atoms with Gasteiger partial charge in [-0.3, -0.25) is 19.4 Å². The predicted molar refractivity (Wildman–Crippen MR) is 81.6 cm³/mol. The van der Waals surface area contributed by atoms with Gasteiger partial charge in [-0.25, -0.2) is 4.98 Å². The topological polar surface area (TPSA) is 79.8 Å². The van der Waals surface area contributed by atoms with Crippen LogP contribution in [0.3, 0.4) is 0 Å². The van der Waals surface area contributed by atoms with Crippen molar-refractivity contribution in [3.8, 4) is 0 Å². The molecule has 1 aromatic rings. The molecule has 1 saturated carbocycles. The van der Waals surface area contributed by atoms with E-state index >= 15 is 0 Å². The van der Waals surface area contributed by atoms with Crippen molar-refractivity contribution in [2.75, 3.05) is 18.7 Å². The first-order chi connectivity index (χ1) is 12.1. The minimum atomic E-state index is -4.62. The number of amides is 2. The highest BCUT2D eigenvalue weighted by Gasteiger charge is 2.72. The number of hydrogen-bond donors (Lipinski definition) is 0. The molecule has 3 rings (SSSR count). The third-order valence-corrected chi connectivity index (χ3v) is 4.60. The Hall–Kier alpha value is -2.36. The van der Waals surface area contributed by atoms with Crippen LogP contribution >= 0.6 is 11.6 Å². The molecule has 7 nitrogen and oxygen atoms in total. The van der Waals surface area contributed by atoms with Crippen molar-refractivity contribution in [3.63, 3.8) is 0 Å². The Morgan fingerprint density at radius 3 is 2.38 bits per heavy atom. The molecular formula is C15H13ClF3N3O4. The number of piperidine rings is 1. The zero-order chi connectivity index (χ0) is 19.4. The Balaban J connectivity index is 1.80. The maximum Gasteiger partial charge on any atom is 0.417 e. The number of imide groups is 1. The van der Waals surface area contributed by atoms with E-state index in [9.17, 15) is 27.6 Å². The van der Waals surface area contributed by atoms with E-state index in [2.05, 4.69) is 4.98 Å². The Morgan fingerprint density at radius 1 is 1.35 bits per heavy atom. The molecule has 11 heteroatoms. The van der Waals surface area contributed by atoms with Crippen LogP contribution in [-0.4, -0.2) is 41.4 Å². The number of carbonyl (C=O) groups is 3. The number of hydrogen-bond acceptors (Lipinski definition) is 6. The Kier molecular flexibility index (Phi) is 4.33. The lowest BCUT2D eigenvalue weighted by atomic mass is 10.2. The lowest BCUT2D eigenvalue weighted by Gasteiger charge is -2.29. The van der Waals surface area contributed by atoms with Gasteiger partial charge in [0.05, 0.1) is 34.9 Å². The number of nitrogens with zero attached hydrogens (tertiary/aromatic N) is 3. The molecule has 0 radical (unpaired) electrons. The first-order valence-corrected chi connectivity index (χ1v) is 7.98. The highest BCUT2D eigenvalue weighted by Crippen LogP contribution is 2.54. The number of anilines is 1. The molecule has 0 bridgehead atoms. The summed E-state index contributed by atoms with van der Waals surface area (Å²) < 4.78 is 42.9. The molecule has 1 aliphatic heterocycles. The van der Waals surface area contributed by atoms with Crippen molar-refractivity contribution in [1.82, 2.24) is 9.99 Å². The van der Waals surface area contributed by atoms with Crippen LogP contribution in [0.4, 0.5) is 19.0 Å². The number of halogens is 4. The molecule has 0 N–H and O–H groups in total. The molecule has 0 aromatic carbocycles. The molecule has 0 spiro atoms. The fraction of sp³-hybridized carbons (Fsp3) is 0.467. The average Bonchev–Trinajstić information content (AvgIpc) is 3.23. The van der Waals surface area contributed by atoms with Crippen LogP contribution in [0.1, 0.15) is 12.5 Å². The maximum absolute atomic E-state index is 12.7. The van der Waals surface area contributed by atoms with Gasteiger partial charge in [-0.1, -0.05) is 11.6 Å². The van der Waals surface area contributed by atoms with Gasteiger partial charge in [0.2, 0.25) is 0 Å². The van der Waals surface area contributed by atoms with Crippen LogP contribution in [0.2, 0.25) is 5.02 Å². The molecule has 1 unspecified atom stereocenters. The quantitative estimate of drug-likeness (QED) is 0.576. The number of ether oxygens (including phenoxy) is 1. The van der Waals surface area contributed by atoms with E-state index in [4.69, 9.17) is 16.3 Å². The highest BCUT2D eigenvalue weighted by atomic mass is 35.5. The van der Waals surface area contributed by atoms with Crippen molar-refractivity contribution >= 4 is 35.2 Å². The molecule has 1 aliphatic carbocycles. The fourth-order valence-corrected chi connectivity index (χ4v) is 3.35. The Labute approximate surface area is 150 Å². The monoisotopic (exact) mass is 391 g/mol. The zero-order valence-electron chi connectivity index (χ0n) is 13.6. The summed E-state index contributed by atoms with van der Waals surface area (Å²) in [6.07, 6.45) is -4.06. The number of aromatic nitrogens is 1. The van der Waals surface area contributed by atoms with E-state index in [1.54, 1.807) is 6.92 Å². The molecule has 1 saturated heterocycles. The number of carbonyl (C=O) groups excluding carboxylic acids is 3. The van der Waals surface area contributed by atoms with Gasteiger partial charge < -0.3 is 4.74 Å². The molecular weight excluding hydrogens is 379 g/mol. The summed E-state index contributed by atoms with van der Waals surface area (Å²) in [5.74, 6) is -4.53. The van der Waals surface area contributed by atoms with Crippen molar-refractivity contribution in [2.24, 2.45) is 17.8 Å². The van der Waals surface area contributed by atoms with Crippen LogP contribution in [-0.2, 0) is 25.3 Å². The van der Waals surface area contributed by atoms with E-state index in [1.807, 2.05) is 0 Å². The number of rotatable bonds is 4. The normalized spacial score (nSPS) is 24.5. The lowest BCUT2D eigenvalue weighted by molar-refractivity contribution is -0.152. The molecule has 1 aromatic heterocycles. The van der Waals surface area contributed by atoms with Gasteiger partial charge in [-0.2, -0.15) is 18.2 Å². The van der Waals surface area contributed by atoms with Gasteiger partial charge in [0.1, 0.15) is 0 Å². The summed E-state index contributed by atoms with van der Waals surface area (Å²) in [5, 5.41) is 1.36. The average molecular weight is 392 g/mol. The molecule has 2 fully saturated rings. The summed E-state index contributed by atoms with van der Waals surface area (Å²) in [6, 6.07) is 0.660. The number of alkyl halides is 3. The second-order valence-corrected chi connectivity index (χ2v) is 6.28. The third kappa shape index (κ3) is 2.77. The smallest absolute Gasteiger partial charge is 0.417 e. The van der Waals surface area contributed by atoms with E-state index in [1.165, 1.54) is 7.05 Å². The second-order valence-electron chi connectivity index (χ2n) is 5.87. The van der Waals surface area contributed by atoms with Gasteiger partial charge in [-0.05, 0) is 13.0 Å². The predicted octanol–water partition coefficient (Wildman–Crippen LogP) is 1.90. The van der Waals surface area contributed by atoms with Crippen LogP contribution in [0.15, 0.2) is 12.3 Å². The summed E-state index contributed by atoms with van der Waals surface area (Å²) in [7, 11) is 1.28. The number of esters is 1. The first kappa shape index (κ1) is 18.4. The van der Waals surface area contributed by atoms with Crippen LogP contribution in [0.5, 0.6) is 0 Å². The molecule has 26 heavy (non-hydrogen) atoms. The number of hydrazine groups is 1. The van der Waals surface area contributed by atoms with E-state index in [-0.39, 0.29) is 17.4 Å². The van der Waals surface area contributed by atoms with Crippen LogP contribution in [0.25, 0.3) is 0 Å². The summed E-state index contributed by atoms with van der Waals surface area (Å²) in [6.45, 7) is 1.74.